The van der Waals surface area contributed by atoms with Gasteiger partial charge in [0.15, 0.2) is 6.61 Å². The van der Waals surface area contributed by atoms with E-state index < -0.39 is 5.97 Å². The predicted octanol–water partition coefficient (Wildman–Crippen LogP) is 3.28. The monoisotopic (exact) mass is 409 g/mol. The predicted molar refractivity (Wildman–Crippen MR) is 101 cm³/mol. The number of amides is 1. The summed E-state index contributed by atoms with van der Waals surface area (Å²) in [6.07, 6.45) is 1.98. The minimum absolute atomic E-state index is 0.00738. The van der Waals surface area contributed by atoms with Crippen molar-refractivity contribution < 1.29 is 18.7 Å². The molecule has 1 saturated heterocycles. The first-order valence-corrected chi connectivity index (χ1v) is 10.0. The molecule has 3 rings (SSSR count). The molecule has 1 fully saturated rings. The Bertz CT molecular complexity index is 788. The standard InChI is InChI=1S/C18H20ClN3O4S/c1-12-6-8-22(9-7-12)15(23)10-25-16(24)11-27-18-21-20-17(26-18)13-2-4-14(19)5-3-13/h2-5,12H,6-11H2,1H3. The zero-order chi connectivity index (χ0) is 19.2. The second-order valence-electron chi connectivity index (χ2n) is 6.39. The number of ether oxygens (including phenoxy) is 1. The summed E-state index contributed by atoms with van der Waals surface area (Å²) in [6, 6.07) is 6.99. The van der Waals surface area contributed by atoms with Crippen LogP contribution in [0, 0.1) is 5.92 Å². The molecule has 0 spiro atoms. The van der Waals surface area contributed by atoms with Crippen LogP contribution < -0.4 is 0 Å². The van der Waals surface area contributed by atoms with Crippen LogP contribution in [-0.2, 0) is 14.3 Å². The summed E-state index contributed by atoms with van der Waals surface area (Å²) in [6.45, 7) is 3.39. The minimum atomic E-state index is -0.495. The number of likely N-dealkylation sites (tertiary alicyclic amines) is 1. The number of carbonyl (C=O) groups is 2. The third-order valence-electron chi connectivity index (χ3n) is 4.30. The first-order chi connectivity index (χ1) is 13.0. The minimum Gasteiger partial charge on any atom is -0.455 e. The molecule has 2 aromatic rings. The van der Waals surface area contributed by atoms with Crippen molar-refractivity contribution in [1.82, 2.24) is 15.1 Å². The highest BCUT2D eigenvalue weighted by atomic mass is 35.5. The van der Waals surface area contributed by atoms with Crippen LogP contribution in [0.3, 0.4) is 0 Å². The SMILES string of the molecule is CC1CCN(C(=O)COC(=O)CSc2nnc(-c3ccc(Cl)cc3)o2)CC1. The van der Waals surface area contributed by atoms with Crippen LogP contribution in [0.15, 0.2) is 33.9 Å². The van der Waals surface area contributed by atoms with Crippen LogP contribution in [0.2, 0.25) is 5.02 Å². The van der Waals surface area contributed by atoms with Gasteiger partial charge in [0.2, 0.25) is 5.89 Å². The van der Waals surface area contributed by atoms with Crippen molar-refractivity contribution in [3.8, 4) is 11.5 Å². The van der Waals surface area contributed by atoms with Gasteiger partial charge in [0.1, 0.15) is 5.75 Å². The van der Waals surface area contributed by atoms with Crippen LogP contribution >= 0.6 is 23.4 Å². The average Bonchev–Trinajstić information content (AvgIpc) is 3.14. The average molecular weight is 410 g/mol. The summed E-state index contributed by atoms with van der Waals surface area (Å²) in [5.74, 6) is 0.331. The van der Waals surface area contributed by atoms with Crippen LogP contribution in [0.4, 0.5) is 0 Å². The number of aromatic nitrogens is 2. The molecule has 1 aromatic carbocycles. The highest BCUT2D eigenvalue weighted by molar-refractivity contribution is 7.99. The highest BCUT2D eigenvalue weighted by Crippen LogP contribution is 2.24. The summed E-state index contributed by atoms with van der Waals surface area (Å²) < 4.78 is 10.6. The van der Waals surface area contributed by atoms with Crippen molar-refractivity contribution in [3.05, 3.63) is 29.3 Å². The number of piperidine rings is 1. The lowest BCUT2D eigenvalue weighted by molar-refractivity contribution is -0.150. The van der Waals surface area contributed by atoms with Gasteiger partial charge >= 0.3 is 5.97 Å². The van der Waals surface area contributed by atoms with E-state index in [1.807, 2.05) is 0 Å². The molecule has 7 nitrogen and oxygen atoms in total. The number of hydrogen-bond acceptors (Lipinski definition) is 7. The second-order valence-corrected chi connectivity index (χ2v) is 7.76. The number of benzene rings is 1. The summed E-state index contributed by atoms with van der Waals surface area (Å²) >= 11 is 6.92. The molecule has 9 heteroatoms. The normalized spacial score (nSPS) is 15.0. The van der Waals surface area contributed by atoms with Crippen LogP contribution in [0.5, 0.6) is 0 Å². The Morgan fingerprint density at radius 3 is 2.67 bits per heavy atom. The first kappa shape index (κ1) is 19.7. The maximum absolute atomic E-state index is 12.1. The molecule has 1 aromatic heterocycles. The van der Waals surface area contributed by atoms with Crippen molar-refractivity contribution in [3.63, 3.8) is 0 Å². The quantitative estimate of drug-likeness (QED) is 0.534. The van der Waals surface area contributed by atoms with Gasteiger partial charge in [-0.2, -0.15) is 0 Å². The Labute approximate surface area is 166 Å². The van der Waals surface area contributed by atoms with Crippen molar-refractivity contribution in [2.45, 2.75) is 25.0 Å². The highest BCUT2D eigenvalue weighted by Gasteiger charge is 2.21. The Kier molecular flexibility index (Phi) is 6.73. The number of halogens is 1. The van der Waals surface area contributed by atoms with Gasteiger partial charge in [0, 0.05) is 23.7 Å². The number of rotatable bonds is 6. The van der Waals surface area contributed by atoms with E-state index in [9.17, 15) is 9.59 Å². The van der Waals surface area contributed by atoms with Crippen molar-refractivity contribution in [1.29, 1.82) is 0 Å². The van der Waals surface area contributed by atoms with E-state index in [4.69, 9.17) is 20.8 Å². The van der Waals surface area contributed by atoms with Gasteiger partial charge in [-0.15, -0.1) is 10.2 Å². The van der Waals surface area contributed by atoms with Gasteiger partial charge in [-0.25, -0.2) is 0 Å². The lowest BCUT2D eigenvalue weighted by Crippen LogP contribution is -2.40. The van der Waals surface area contributed by atoms with E-state index in [1.165, 1.54) is 0 Å². The number of hydrogen-bond donors (Lipinski definition) is 0. The molecule has 0 unspecified atom stereocenters. The third kappa shape index (κ3) is 5.71. The molecular formula is C18H20ClN3O4S. The van der Waals surface area contributed by atoms with Gasteiger partial charge in [-0.1, -0.05) is 30.3 Å². The summed E-state index contributed by atoms with van der Waals surface area (Å²) in [7, 11) is 0. The van der Waals surface area contributed by atoms with E-state index in [0.717, 1.165) is 43.3 Å². The van der Waals surface area contributed by atoms with Gasteiger partial charge in [-0.3, -0.25) is 9.59 Å². The molecule has 0 atom stereocenters. The number of esters is 1. The van der Waals surface area contributed by atoms with Crippen molar-refractivity contribution in [2.24, 2.45) is 5.92 Å². The smallest absolute Gasteiger partial charge is 0.316 e. The molecule has 144 valence electrons. The van der Waals surface area contributed by atoms with Crippen molar-refractivity contribution >= 4 is 35.2 Å². The molecule has 0 radical (unpaired) electrons. The maximum atomic E-state index is 12.1. The molecule has 27 heavy (non-hydrogen) atoms. The topological polar surface area (TPSA) is 85.5 Å². The Hall–Kier alpha value is -2.06. The van der Waals surface area contributed by atoms with E-state index in [2.05, 4.69) is 17.1 Å². The number of carbonyl (C=O) groups excluding carboxylic acids is 2. The van der Waals surface area contributed by atoms with Gasteiger partial charge in [0.05, 0.1) is 0 Å². The largest absolute Gasteiger partial charge is 0.455 e. The van der Waals surface area contributed by atoms with Gasteiger partial charge in [-0.05, 0) is 43.0 Å². The number of thioether (sulfide) groups is 1. The molecule has 2 heterocycles. The van der Waals surface area contributed by atoms with Crippen LogP contribution in [-0.4, -0.2) is 52.4 Å². The molecule has 0 N–H and O–H groups in total. The maximum Gasteiger partial charge on any atom is 0.316 e. The van der Waals surface area contributed by atoms with Gasteiger partial charge < -0.3 is 14.1 Å². The first-order valence-electron chi connectivity index (χ1n) is 8.67. The fourth-order valence-corrected chi connectivity index (χ4v) is 3.32. The molecule has 0 aliphatic carbocycles. The number of nitrogens with zero attached hydrogens (tertiary/aromatic N) is 3. The van der Waals surface area contributed by atoms with Crippen LogP contribution in [0.1, 0.15) is 19.8 Å². The van der Waals surface area contributed by atoms with E-state index >= 15 is 0 Å². The van der Waals surface area contributed by atoms with Crippen molar-refractivity contribution in [2.75, 3.05) is 25.4 Å². The molecule has 0 bridgehead atoms. The zero-order valence-electron chi connectivity index (χ0n) is 14.9. The fraction of sp³-hybridized carbons (Fsp3) is 0.444. The molecule has 1 aliphatic heterocycles. The Balaban J connectivity index is 1.41. The second kappa shape index (κ2) is 9.23. The van der Waals surface area contributed by atoms with E-state index in [-0.39, 0.29) is 23.5 Å². The fourth-order valence-electron chi connectivity index (χ4n) is 2.63. The molecule has 0 saturated carbocycles. The van der Waals surface area contributed by atoms with Gasteiger partial charge in [0.25, 0.3) is 11.1 Å². The van der Waals surface area contributed by atoms with E-state index in [1.54, 1.807) is 29.2 Å². The van der Waals surface area contributed by atoms with E-state index in [0.29, 0.717) is 16.8 Å². The lowest BCUT2D eigenvalue weighted by Gasteiger charge is -2.30. The Morgan fingerprint density at radius 2 is 1.96 bits per heavy atom. The lowest BCUT2D eigenvalue weighted by atomic mass is 9.99. The summed E-state index contributed by atoms with van der Waals surface area (Å²) in [5, 5.41) is 8.71. The molecule has 1 aliphatic rings. The summed E-state index contributed by atoms with van der Waals surface area (Å²) in [5.41, 5.74) is 0.739. The molecular weight excluding hydrogens is 390 g/mol. The zero-order valence-corrected chi connectivity index (χ0v) is 16.5. The third-order valence-corrected chi connectivity index (χ3v) is 5.35. The summed E-state index contributed by atoms with van der Waals surface area (Å²) in [4.78, 5) is 25.7. The van der Waals surface area contributed by atoms with Crippen LogP contribution in [0.25, 0.3) is 11.5 Å². The Morgan fingerprint density at radius 1 is 1.26 bits per heavy atom. The molecule has 1 amide bonds.